The van der Waals surface area contributed by atoms with Gasteiger partial charge in [-0.05, 0) is 18.9 Å². The predicted molar refractivity (Wildman–Crippen MR) is 75.4 cm³/mol. The predicted octanol–water partition coefficient (Wildman–Crippen LogP) is 1.33. The van der Waals surface area contributed by atoms with Crippen LogP contribution in [0.5, 0.6) is 0 Å². The first-order valence-corrected chi connectivity index (χ1v) is 6.72. The van der Waals surface area contributed by atoms with Crippen LogP contribution in [0.25, 0.3) is 0 Å². The number of benzene rings is 1. The van der Waals surface area contributed by atoms with Crippen molar-refractivity contribution < 1.29 is 19.1 Å². The molecule has 0 aliphatic carbocycles. The molecule has 3 amide bonds. The first kappa shape index (κ1) is 15.0. The third-order valence-corrected chi connectivity index (χ3v) is 3.77. The summed E-state index contributed by atoms with van der Waals surface area (Å²) in [6, 6.07) is 6.83. The molecule has 1 atom stereocenters. The molecular formula is C15H18N2O4. The topological polar surface area (TPSA) is 75.7 Å². The zero-order valence-electron chi connectivity index (χ0n) is 12.3. The van der Waals surface area contributed by atoms with Crippen LogP contribution < -0.4 is 5.32 Å². The van der Waals surface area contributed by atoms with Crippen molar-refractivity contribution in [3.8, 4) is 0 Å². The molecule has 1 N–H and O–H groups in total. The maximum atomic E-state index is 12.6. The minimum atomic E-state index is -1.11. The monoisotopic (exact) mass is 290 g/mol. The quantitative estimate of drug-likeness (QED) is 0.670. The maximum absolute atomic E-state index is 12.6. The summed E-state index contributed by atoms with van der Waals surface area (Å²) in [4.78, 5) is 36.9. The molecule has 0 bridgehead atoms. The smallest absolute Gasteiger partial charge is 0.325 e. The number of esters is 1. The average molecular weight is 290 g/mol. The van der Waals surface area contributed by atoms with Gasteiger partial charge in [0.1, 0.15) is 12.1 Å². The van der Waals surface area contributed by atoms with Crippen LogP contribution in [0.4, 0.5) is 4.79 Å². The number of methoxy groups -OCH3 is 1. The lowest BCUT2D eigenvalue weighted by atomic mass is 9.87. The van der Waals surface area contributed by atoms with E-state index in [9.17, 15) is 14.4 Å². The molecule has 1 aromatic carbocycles. The summed E-state index contributed by atoms with van der Waals surface area (Å²) in [6.07, 6.45) is 0.401. The van der Waals surface area contributed by atoms with Crippen molar-refractivity contribution in [3.05, 3.63) is 35.4 Å². The fourth-order valence-corrected chi connectivity index (χ4v) is 2.44. The first-order valence-electron chi connectivity index (χ1n) is 6.72. The highest BCUT2D eigenvalue weighted by Crippen LogP contribution is 2.32. The van der Waals surface area contributed by atoms with Crippen LogP contribution in [-0.4, -0.2) is 36.5 Å². The van der Waals surface area contributed by atoms with Gasteiger partial charge in [-0.2, -0.15) is 0 Å². The van der Waals surface area contributed by atoms with Crippen molar-refractivity contribution in [3.63, 3.8) is 0 Å². The SMILES string of the molecule is CC[C@]1(c2ccc(C)cc2)NC(=O)N(CC(=O)OC)C1=O. The van der Waals surface area contributed by atoms with Gasteiger partial charge in [-0.25, -0.2) is 4.79 Å². The van der Waals surface area contributed by atoms with Gasteiger partial charge in [0.25, 0.3) is 5.91 Å². The standard InChI is InChI=1S/C15H18N2O4/c1-4-15(11-7-5-10(2)6-8-11)13(19)17(14(20)16-15)9-12(18)21-3/h5-8H,4,9H2,1-3H3,(H,16,20)/t15-/m1/s1. The van der Waals surface area contributed by atoms with Gasteiger partial charge in [0.05, 0.1) is 7.11 Å². The zero-order chi connectivity index (χ0) is 15.6. The molecule has 1 saturated heterocycles. The Morgan fingerprint density at radius 3 is 2.43 bits per heavy atom. The third kappa shape index (κ3) is 2.49. The highest BCUT2D eigenvalue weighted by Gasteiger charge is 2.51. The molecule has 1 aliphatic heterocycles. The van der Waals surface area contributed by atoms with Gasteiger partial charge in [0.15, 0.2) is 0 Å². The van der Waals surface area contributed by atoms with Crippen molar-refractivity contribution in [2.75, 3.05) is 13.7 Å². The molecule has 0 radical (unpaired) electrons. The maximum Gasteiger partial charge on any atom is 0.325 e. The summed E-state index contributed by atoms with van der Waals surface area (Å²) in [6.45, 7) is 3.38. The van der Waals surface area contributed by atoms with E-state index in [1.165, 1.54) is 7.11 Å². The second-order valence-corrected chi connectivity index (χ2v) is 5.02. The molecule has 6 nitrogen and oxygen atoms in total. The number of hydrogen-bond acceptors (Lipinski definition) is 4. The van der Waals surface area contributed by atoms with Crippen LogP contribution in [0.3, 0.4) is 0 Å². The summed E-state index contributed by atoms with van der Waals surface area (Å²) >= 11 is 0. The number of nitrogens with one attached hydrogen (secondary N) is 1. The number of aryl methyl sites for hydroxylation is 1. The molecule has 1 aromatic rings. The minimum Gasteiger partial charge on any atom is -0.468 e. The van der Waals surface area contributed by atoms with E-state index in [0.717, 1.165) is 10.5 Å². The molecular weight excluding hydrogens is 272 g/mol. The van der Waals surface area contributed by atoms with Crippen LogP contribution in [0.2, 0.25) is 0 Å². The number of rotatable bonds is 4. The Labute approximate surface area is 123 Å². The lowest BCUT2D eigenvalue weighted by Gasteiger charge is -2.25. The van der Waals surface area contributed by atoms with Crippen molar-refractivity contribution in [2.24, 2.45) is 0 Å². The average Bonchev–Trinajstić information content (AvgIpc) is 2.73. The number of hydrogen-bond donors (Lipinski definition) is 1. The van der Waals surface area contributed by atoms with E-state index in [0.29, 0.717) is 12.0 Å². The molecule has 0 saturated carbocycles. The zero-order valence-corrected chi connectivity index (χ0v) is 12.3. The fourth-order valence-electron chi connectivity index (χ4n) is 2.44. The number of carbonyl (C=O) groups is 3. The lowest BCUT2D eigenvalue weighted by Crippen LogP contribution is -2.43. The van der Waals surface area contributed by atoms with Gasteiger partial charge < -0.3 is 10.1 Å². The Hall–Kier alpha value is -2.37. The first-order chi connectivity index (χ1) is 9.94. The van der Waals surface area contributed by atoms with E-state index < -0.39 is 23.4 Å². The minimum absolute atomic E-state index is 0.380. The van der Waals surface area contributed by atoms with Gasteiger partial charge >= 0.3 is 12.0 Å². The van der Waals surface area contributed by atoms with E-state index in [4.69, 9.17) is 0 Å². The van der Waals surface area contributed by atoms with Gasteiger partial charge in [0.2, 0.25) is 0 Å². The number of carbonyl (C=O) groups excluding carboxylic acids is 3. The molecule has 1 fully saturated rings. The highest BCUT2D eigenvalue weighted by molar-refractivity contribution is 6.09. The lowest BCUT2D eigenvalue weighted by molar-refractivity contribution is -0.145. The second-order valence-electron chi connectivity index (χ2n) is 5.02. The number of ether oxygens (including phenoxy) is 1. The van der Waals surface area contributed by atoms with Gasteiger partial charge in [-0.1, -0.05) is 36.8 Å². The molecule has 0 spiro atoms. The molecule has 1 heterocycles. The number of urea groups is 1. The van der Waals surface area contributed by atoms with Crippen molar-refractivity contribution in [2.45, 2.75) is 25.8 Å². The van der Waals surface area contributed by atoms with E-state index in [1.807, 2.05) is 38.1 Å². The molecule has 2 rings (SSSR count). The molecule has 21 heavy (non-hydrogen) atoms. The fraction of sp³-hybridized carbons (Fsp3) is 0.400. The Kier molecular flexibility index (Phi) is 3.97. The summed E-state index contributed by atoms with van der Waals surface area (Å²) < 4.78 is 4.52. The summed E-state index contributed by atoms with van der Waals surface area (Å²) in [5.41, 5.74) is 0.660. The van der Waals surface area contributed by atoms with Crippen molar-refractivity contribution >= 4 is 17.9 Å². The molecule has 0 aromatic heterocycles. The second kappa shape index (κ2) is 5.55. The van der Waals surface area contributed by atoms with Crippen LogP contribution in [0.15, 0.2) is 24.3 Å². The third-order valence-electron chi connectivity index (χ3n) is 3.77. The Morgan fingerprint density at radius 2 is 1.90 bits per heavy atom. The normalized spacial score (nSPS) is 21.4. The van der Waals surface area contributed by atoms with Crippen LogP contribution in [0.1, 0.15) is 24.5 Å². The van der Waals surface area contributed by atoms with Crippen LogP contribution in [-0.2, 0) is 19.9 Å². The van der Waals surface area contributed by atoms with Gasteiger partial charge in [-0.15, -0.1) is 0 Å². The van der Waals surface area contributed by atoms with Crippen LogP contribution in [0, 0.1) is 6.92 Å². The Morgan fingerprint density at radius 1 is 1.29 bits per heavy atom. The van der Waals surface area contributed by atoms with E-state index in [2.05, 4.69) is 10.1 Å². The van der Waals surface area contributed by atoms with Gasteiger partial charge in [0, 0.05) is 0 Å². The molecule has 1 aliphatic rings. The van der Waals surface area contributed by atoms with Crippen LogP contribution >= 0.6 is 0 Å². The molecule has 112 valence electrons. The Balaban J connectivity index is 2.37. The number of imide groups is 1. The summed E-state index contributed by atoms with van der Waals surface area (Å²) in [7, 11) is 1.22. The van der Waals surface area contributed by atoms with E-state index in [-0.39, 0.29) is 6.54 Å². The largest absolute Gasteiger partial charge is 0.468 e. The van der Waals surface area contributed by atoms with Crippen molar-refractivity contribution in [1.29, 1.82) is 0 Å². The van der Waals surface area contributed by atoms with Crippen molar-refractivity contribution in [1.82, 2.24) is 10.2 Å². The Bertz CT molecular complexity index is 582. The highest BCUT2D eigenvalue weighted by atomic mass is 16.5. The van der Waals surface area contributed by atoms with E-state index in [1.54, 1.807) is 0 Å². The van der Waals surface area contributed by atoms with E-state index >= 15 is 0 Å². The molecule has 0 unspecified atom stereocenters. The number of nitrogens with zero attached hydrogens (tertiary/aromatic N) is 1. The van der Waals surface area contributed by atoms with Gasteiger partial charge in [-0.3, -0.25) is 14.5 Å². The summed E-state index contributed by atoms with van der Waals surface area (Å²) in [5.74, 6) is -1.06. The number of amides is 3. The summed E-state index contributed by atoms with van der Waals surface area (Å²) in [5, 5.41) is 2.71. The molecule has 6 heteroatoms.